The molecule has 204 valence electrons. The van der Waals surface area contributed by atoms with E-state index in [1.807, 2.05) is 30.1 Å². The van der Waals surface area contributed by atoms with Crippen LogP contribution in [0.4, 0.5) is 5.69 Å². The van der Waals surface area contributed by atoms with Crippen molar-refractivity contribution < 1.29 is 14.0 Å². The second-order valence-electron chi connectivity index (χ2n) is 9.70. The highest BCUT2D eigenvalue weighted by molar-refractivity contribution is 5.94. The molecule has 6 rings (SSSR count). The summed E-state index contributed by atoms with van der Waals surface area (Å²) in [5.74, 6) is 0.889. The van der Waals surface area contributed by atoms with Crippen LogP contribution in [-0.4, -0.2) is 75.8 Å². The van der Waals surface area contributed by atoms with Crippen molar-refractivity contribution in [2.75, 3.05) is 38.5 Å². The molecule has 2 aliphatic heterocycles. The van der Waals surface area contributed by atoms with E-state index in [4.69, 9.17) is 4.42 Å². The number of carbonyl (C=O) groups is 2. The summed E-state index contributed by atoms with van der Waals surface area (Å²) in [6.07, 6.45) is 1.59. The third kappa shape index (κ3) is 5.22. The number of anilines is 1. The number of hydrazone groups is 1. The predicted octanol–water partition coefficient (Wildman–Crippen LogP) is 2.62. The average Bonchev–Trinajstić information content (AvgIpc) is 3.59. The standard InChI is InChI=1S/C28H29N9O3/c1-18(38)30-21-8-9-24-22(17-21)31-27(40-24)20-10-11-29-23(16-20)28(39)37-14-12-36(13-15-37)25(19-6-4-3-5-7-19)26-32-34-35(2)33-26/h3-11,16-17,25,34H,12-15H2,1-2H3,(H,30,38)(H,32,33). The topological polar surface area (TPSA) is 131 Å². The number of piperazine rings is 1. The van der Waals surface area contributed by atoms with Crippen LogP contribution in [-0.2, 0) is 4.79 Å². The number of rotatable bonds is 6. The Balaban J connectivity index is 1.17. The molecule has 1 fully saturated rings. The number of benzene rings is 2. The van der Waals surface area contributed by atoms with E-state index in [-0.39, 0.29) is 17.9 Å². The molecule has 1 saturated heterocycles. The maximum Gasteiger partial charge on any atom is 0.272 e. The molecule has 40 heavy (non-hydrogen) atoms. The van der Waals surface area contributed by atoms with Gasteiger partial charge in [-0.3, -0.25) is 24.9 Å². The Morgan fingerprint density at radius 3 is 2.55 bits per heavy atom. The van der Waals surface area contributed by atoms with Crippen molar-refractivity contribution in [1.82, 2.24) is 35.8 Å². The number of amides is 2. The SMILES string of the molecule is CC(=O)Nc1ccc2oc(-c3ccnc(C(=O)N4CCN(C(C5=NN(C)NN5)c5ccccc5)CC4)c3)nc2c1. The van der Waals surface area contributed by atoms with Gasteiger partial charge in [0.25, 0.3) is 5.91 Å². The first-order valence-electron chi connectivity index (χ1n) is 13.0. The Hall–Kier alpha value is -4.81. The summed E-state index contributed by atoms with van der Waals surface area (Å²) >= 11 is 0. The van der Waals surface area contributed by atoms with E-state index in [2.05, 4.69) is 48.4 Å². The van der Waals surface area contributed by atoms with Gasteiger partial charge in [-0.2, -0.15) is 0 Å². The van der Waals surface area contributed by atoms with Crippen molar-refractivity contribution in [1.29, 1.82) is 0 Å². The van der Waals surface area contributed by atoms with E-state index < -0.39 is 0 Å². The third-order valence-electron chi connectivity index (χ3n) is 6.88. The zero-order valence-corrected chi connectivity index (χ0v) is 22.2. The van der Waals surface area contributed by atoms with Gasteiger partial charge < -0.3 is 14.6 Å². The minimum atomic E-state index is -0.162. The van der Waals surface area contributed by atoms with E-state index in [0.717, 1.165) is 11.4 Å². The molecule has 2 amide bonds. The van der Waals surface area contributed by atoms with Gasteiger partial charge in [0, 0.05) is 57.6 Å². The number of fused-ring (bicyclic) bond motifs is 1. The maximum atomic E-state index is 13.4. The highest BCUT2D eigenvalue weighted by atomic mass is 16.3. The van der Waals surface area contributed by atoms with Crippen LogP contribution in [0.2, 0.25) is 0 Å². The summed E-state index contributed by atoms with van der Waals surface area (Å²) < 4.78 is 5.92. The third-order valence-corrected chi connectivity index (χ3v) is 6.88. The van der Waals surface area contributed by atoms with E-state index in [0.29, 0.717) is 60.1 Å². The molecule has 4 aromatic rings. The minimum Gasteiger partial charge on any atom is -0.436 e. The van der Waals surface area contributed by atoms with Crippen LogP contribution in [0, 0.1) is 0 Å². The van der Waals surface area contributed by atoms with Crippen LogP contribution < -0.4 is 16.3 Å². The number of oxazole rings is 1. The Morgan fingerprint density at radius 2 is 1.82 bits per heavy atom. The molecule has 3 N–H and O–H groups in total. The van der Waals surface area contributed by atoms with Gasteiger partial charge in [-0.1, -0.05) is 30.3 Å². The second kappa shape index (κ2) is 10.8. The summed E-state index contributed by atoms with van der Waals surface area (Å²) in [6, 6.07) is 18.9. The molecule has 2 aliphatic rings. The number of nitrogens with one attached hydrogen (secondary N) is 3. The largest absolute Gasteiger partial charge is 0.436 e. The van der Waals surface area contributed by atoms with Gasteiger partial charge in [0.1, 0.15) is 11.2 Å². The molecule has 0 bridgehead atoms. The van der Waals surface area contributed by atoms with Gasteiger partial charge >= 0.3 is 0 Å². The molecule has 0 spiro atoms. The number of amidine groups is 1. The predicted molar refractivity (Wildman–Crippen MR) is 150 cm³/mol. The van der Waals surface area contributed by atoms with Crippen molar-refractivity contribution in [3.05, 3.63) is 78.1 Å². The van der Waals surface area contributed by atoms with Crippen molar-refractivity contribution in [3.8, 4) is 11.5 Å². The maximum absolute atomic E-state index is 13.4. The lowest BCUT2D eigenvalue weighted by Gasteiger charge is -2.39. The molecule has 0 radical (unpaired) electrons. The van der Waals surface area contributed by atoms with Crippen LogP contribution in [0.1, 0.15) is 29.0 Å². The fraction of sp³-hybridized carbons (Fsp3) is 0.250. The van der Waals surface area contributed by atoms with E-state index in [9.17, 15) is 9.59 Å². The number of carbonyl (C=O) groups excluding carboxylic acids is 2. The summed E-state index contributed by atoms with van der Waals surface area (Å²) in [6.45, 7) is 3.92. The number of hydrogen-bond donors (Lipinski definition) is 3. The number of pyridine rings is 1. The van der Waals surface area contributed by atoms with E-state index in [1.165, 1.54) is 6.92 Å². The van der Waals surface area contributed by atoms with Gasteiger partial charge in [0.05, 0.1) is 6.04 Å². The van der Waals surface area contributed by atoms with Crippen molar-refractivity contribution >= 4 is 34.4 Å². The molecule has 2 aromatic carbocycles. The van der Waals surface area contributed by atoms with Crippen LogP contribution in [0.5, 0.6) is 0 Å². The molecule has 12 nitrogen and oxygen atoms in total. The molecule has 0 aliphatic carbocycles. The Morgan fingerprint density at radius 1 is 1.02 bits per heavy atom. The van der Waals surface area contributed by atoms with Crippen molar-refractivity contribution in [2.24, 2.45) is 5.10 Å². The minimum absolute atomic E-state index is 0.0670. The lowest BCUT2D eigenvalue weighted by atomic mass is 10.0. The molecule has 4 heterocycles. The molecule has 12 heteroatoms. The highest BCUT2D eigenvalue weighted by Gasteiger charge is 2.33. The van der Waals surface area contributed by atoms with Crippen molar-refractivity contribution in [3.63, 3.8) is 0 Å². The van der Waals surface area contributed by atoms with Gasteiger partial charge in [-0.15, -0.1) is 10.6 Å². The summed E-state index contributed by atoms with van der Waals surface area (Å²) in [5.41, 5.74) is 10.1. The number of hydrazine groups is 2. The van der Waals surface area contributed by atoms with Gasteiger partial charge in [0.2, 0.25) is 11.8 Å². The smallest absolute Gasteiger partial charge is 0.272 e. The van der Waals surface area contributed by atoms with Gasteiger partial charge in [-0.25, -0.2) is 10.1 Å². The Labute approximate surface area is 230 Å². The fourth-order valence-corrected chi connectivity index (χ4v) is 5.01. The number of aromatic nitrogens is 2. The van der Waals surface area contributed by atoms with E-state index >= 15 is 0 Å². The Kier molecular flexibility index (Phi) is 6.84. The highest BCUT2D eigenvalue weighted by Crippen LogP contribution is 2.28. The number of nitrogens with zero attached hydrogens (tertiary/aromatic N) is 6. The molecule has 2 aromatic heterocycles. The first kappa shape index (κ1) is 25.5. The van der Waals surface area contributed by atoms with Crippen LogP contribution >= 0.6 is 0 Å². The monoisotopic (exact) mass is 539 g/mol. The second-order valence-corrected chi connectivity index (χ2v) is 9.70. The normalized spacial score (nSPS) is 16.5. The first-order valence-corrected chi connectivity index (χ1v) is 13.0. The molecule has 1 atom stereocenters. The van der Waals surface area contributed by atoms with E-state index in [1.54, 1.807) is 41.6 Å². The summed E-state index contributed by atoms with van der Waals surface area (Å²) in [4.78, 5) is 37.9. The summed E-state index contributed by atoms with van der Waals surface area (Å²) in [5, 5.41) is 8.96. The van der Waals surface area contributed by atoms with Crippen LogP contribution in [0.3, 0.4) is 0 Å². The van der Waals surface area contributed by atoms with Crippen LogP contribution in [0.25, 0.3) is 22.6 Å². The zero-order chi connectivity index (χ0) is 27.6. The number of hydrogen-bond acceptors (Lipinski definition) is 10. The molecular formula is C28H29N9O3. The zero-order valence-electron chi connectivity index (χ0n) is 22.2. The van der Waals surface area contributed by atoms with Crippen molar-refractivity contribution in [2.45, 2.75) is 13.0 Å². The first-order chi connectivity index (χ1) is 19.4. The van der Waals surface area contributed by atoms with Gasteiger partial charge in [-0.05, 0) is 35.9 Å². The van der Waals surface area contributed by atoms with Crippen LogP contribution in [0.15, 0.2) is 76.4 Å². The fourth-order valence-electron chi connectivity index (χ4n) is 5.01. The summed E-state index contributed by atoms with van der Waals surface area (Å²) in [7, 11) is 1.84. The lowest BCUT2D eigenvalue weighted by molar-refractivity contribution is -0.114. The molecule has 1 unspecified atom stereocenters. The molecule has 0 saturated carbocycles. The Bertz CT molecular complexity index is 1580. The quantitative estimate of drug-likeness (QED) is 0.338. The molecular weight excluding hydrogens is 510 g/mol. The average molecular weight is 540 g/mol. The van der Waals surface area contributed by atoms with Gasteiger partial charge in [0.15, 0.2) is 11.4 Å². The lowest BCUT2D eigenvalue weighted by Crippen LogP contribution is -2.52.